The van der Waals surface area contributed by atoms with Crippen LogP contribution in [-0.2, 0) is 4.74 Å². The zero-order chi connectivity index (χ0) is 17.1. The average Bonchev–Trinajstić information content (AvgIpc) is 3.14. The van der Waals surface area contributed by atoms with Gasteiger partial charge in [0.15, 0.2) is 21.5 Å². The lowest BCUT2D eigenvalue weighted by atomic mass is 10.1. The van der Waals surface area contributed by atoms with E-state index in [-0.39, 0.29) is 18.8 Å². The lowest BCUT2D eigenvalue weighted by Crippen LogP contribution is -2.18. The molecule has 9 heteroatoms. The van der Waals surface area contributed by atoms with E-state index in [2.05, 4.69) is 34.1 Å². The third-order valence-electron chi connectivity index (χ3n) is 4.25. The molecule has 0 saturated heterocycles. The van der Waals surface area contributed by atoms with Crippen molar-refractivity contribution in [3.63, 3.8) is 0 Å². The first-order chi connectivity index (χ1) is 11.6. The molecule has 7 nitrogen and oxygen atoms in total. The summed E-state index contributed by atoms with van der Waals surface area (Å²) in [6, 6.07) is 0.170. The van der Waals surface area contributed by atoms with Crippen LogP contribution in [0.2, 0.25) is 5.15 Å². The highest BCUT2D eigenvalue weighted by Gasteiger charge is 2.35. The highest BCUT2D eigenvalue weighted by atomic mass is 35.5. The fourth-order valence-electron chi connectivity index (χ4n) is 3.10. The normalized spacial score (nSPS) is 24.1. The number of aliphatic hydroxyl groups excluding tert-OH is 1. The lowest BCUT2D eigenvalue weighted by molar-refractivity contribution is 0.0107. The molecule has 24 heavy (non-hydrogen) atoms. The maximum atomic E-state index is 8.95. The van der Waals surface area contributed by atoms with Crippen molar-refractivity contribution < 1.29 is 9.84 Å². The van der Waals surface area contributed by atoms with Crippen LogP contribution in [0.4, 0.5) is 0 Å². The molecule has 3 rings (SSSR count). The maximum absolute atomic E-state index is 8.95. The van der Waals surface area contributed by atoms with E-state index in [0.29, 0.717) is 34.0 Å². The summed E-state index contributed by atoms with van der Waals surface area (Å²) in [5.74, 6) is 1.34. The molecule has 1 aliphatic carbocycles. The summed E-state index contributed by atoms with van der Waals surface area (Å²) in [6.07, 6.45) is 2.94. The van der Waals surface area contributed by atoms with Gasteiger partial charge in [0.25, 0.3) is 0 Å². The zero-order valence-corrected chi connectivity index (χ0v) is 15.4. The number of thioether (sulfide) groups is 1. The number of nitrogens with zero attached hydrogens (tertiary/aromatic N) is 5. The van der Waals surface area contributed by atoms with Crippen molar-refractivity contribution in [2.75, 3.05) is 19.0 Å². The van der Waals surface area contributed by atoms with Crippen molar-refractivity contribution >= 4 is 34.5 Å². The van der Waals surface area contributed by atoms with Gasteiger partial charge in [-0.05, 0) is 25.2 Å². The van der Waals surface area contributed by atoms with Gasteiger partial charge in [0, 0.05) is 5.75 Å². The SMILES string of the molecule is CCCSc1nc(Cl)c2nnn(C3CC(OCCO)[C@@H](C)C3)c2n1. The molecular weight excluding hydrogens is 350 g/mol. The smallest absolute Gasteiger partial charge is 0.191 e. The Labute approximate surface area is 150 Å². The van der Waals surface area contributed by atoms with Crippen molar-refractivity contribution in [2.45, 2.75) is 50.4 Å². The summed E-state index contributed by atoms with van der Waals surface area (Å²) < 4.78 is 7.59. The summed E-state index contributed by atoms with van der Waals surface area (Å²) >= 11 is 7.84. The van der Waals surface area contributed by atoms with E-state index in [4.69, 9.17) is 21.4 Å². The van der Waals surface area contributed by atoms with Crippen LogP contribution in [0.15, 0.2) is 5.16 Å². The van der Waals surface area contributed by atoms with Gasteiger partial charge < -0.3 is 9.84 Å². The molecule has 2 aromatic rings. The standard InChI is InChI=1S/C15H22ClN5O2S/c1-3-6-24-15-17-13(16)12-14(18-15)21(20-19-12)10-7-9(2)11(8-10)23-5-4-22/h9-11,22H,3-8H2,1-2H3/t9-,10?,11?/m0/s1. The topological polar surface area (TPSA) is 86.0 Å². The molecule has 0 aromatic carbocycles. The number of rotatable bonds is 7. The maximum Gasteiger partial charge on any atom is 0.191 e. The van der Waals surface area contributed by atoms with Gasteiger partial charge in [-0.2, -0.15) is 0 Å². The number of hydrogen-bond acceptors (Lipinski definition) is 7. The summed E-state index contributed by atoms with van der Waals surface area (Å²) in [4.78, 5) is 8.91. The minimum absolute atomic E-state index is 0.0426. The highest BCUT2D eigenvalue weighted by molar-refractivity contribution is 7.99. The van der Waals surface area contributed by atoms with Gasteiger partial charge >= 0.3 is 0 Å². The first kappa shape index (κ1) is 17.8. The Morgan fingerprint density at radius 3 is 2.96 bits per heavy atom. The van der Waals surface area contributed by atoms with E-state index in [0.717, 1.165) is 25.0 Å². The van der Waals surface area contributed by atoms with Crippen LogP contribution >= 0.6 is 23.4 Å². The fraction of sp³-hybridized carbons (Fsp3) is 0.733. The summed E-state index contributed by atoms with van der Waals surface area (Å²) in [5, 5.41) is 18.4. The van der Waals surface area contributed by atoms with E-state index in [9.17, 15) is 0 Å². The molecular formula is C15H22ClN5O2S. The van der Waals surface area contributed by atoms with Crippen LogP contribution in [0, 0.1) is 5.92 Å². The molecule has 1 aliphatic rings. The number of halogens is 1. The molecule has 3 atom stereocenters. The van der Waals surface area contributed by atoms with Crippen molar-refractivity contribution in [3.05, 3.63) is 5.15 Å². The Balaban J connectivity index is 1.85. The molecule has 132 valence electrons. The Morgan fingerprint density at radius 2 is 2.21 bits per heavy atom. The zero-order valence-electron chi connectivity index (χ0n) is 13.9. The Bertz CT molecular complexity index is 698. The van der Waals surface area contributed by atoms with E-state index < -0.39 is 0 Å². The van der Waals surface area contributed by atoms with Gasteiger partial charge in [0.1, 0.15) is 0 Å². The molecule has 1 N–H and O–H groups in total. The predicted octanol–water partition coefficient (Wildman–Crippen LogP) is 2.73. The minimum Gasteiger partial charge on any atom is -0.394 e. The minimum atomic E-state index is 0.0426. The van der Waals surface area contributed by atoms with Crippen LogP contribution in [0.25, 0.3) is 11.2 Å². The monoisotopic (exact) mass is 371 g/mol. The second kappa shape index (κ2) is 7.95. The quantitative estimate of drug-likeness (QED) is 0.455. The van der Waals surface area contributed by atoms with Crippen LogP contribution < -0.4 is 0 Å². The largest absolute Gasteiger partial charge is 0.394 e. The van der Waals surface area contributed by atoms with Gasteiger partial charge in [-0.25, -0.2) is 14.6 Å². The second-order valence-corrected chi connectivity index (χ2v) is 7.51. The van der Waals surface area contributed by atoms with Gasteiger partial charge in [0.05, 0.1) is 25.4 Å². The fourth-order valence-corrected chi connectivity index (χ4v) is 4.04. The van der Waals surface area contributed by atoms with Crippen LogP contribution in [0.1, 0.15) is 39.2 Å². The first-order valence-electron chi connectivity index (χ1n) is 8.27. The van der Waals surface area contributed by atoms with Crippen LogP contribution in [0.3, 0.4) is 0 Å². The van der Waals surface area contributed by atoms with Gasteiger partial charge in [0.2, 0.25) is 0 Å². The van der Waals surface area contributed by atoms with Crippen LogP contribution in [-0.4, -0.2) is 55.1 Å². The number of fused-ring (bicyclic) bond motifs is 1. The van der Waals surface area contributed by atoms with Crippen molar-refractivity contribution in [3.8, 4) is 0 Å². The van der Waals surface area contributed by atoms with Crippen molar-refractivity contribution in [1.82, 2.24) is 25.0 Å². The van der Waals surface area contributed by atoms with Crippen molar-refractivity contribution in [1.29, 1.82) is 0 Å². The molecule has 0 amide bonds. The van der Waals surface area contributed by atoms with Crippen molar-refractivity contribution in [2.24, 2.45) is 5.92 Å². The molecule has 0 aliphatic heterocycles. The molecule has 2 unspecified atom stereocenters. The first-order valence-corrected chi connectivity index (χ1v) is 9.64. The van der Waals surface area contributed by atoms with Gasteiger partial charge in [-0.1, -0.05) is 42.4 Å². The number of aliphatic hydroxyl groups is 1. The van der Waals surface area contributed by atoms with Crippen LogP contribution in [0.5, 0.6) is 0 Å². The lowest BCUT2D eigenvalue weighted by Gasteiger charge is -2.15. The Kier molecular flexibility index (Phi) is 5.91. The van der Waals surface area contributed by atoms with E-state index in [1.54, 1.807) is 11.8 Å². The molecule has 0 bridgehead atoms. The molecule has 1 saturated carbocycles. The average molecular weight is 372 g/mol. The van der Waals surface area contributed by atoms with E-state index in [1.165, 1.54) is 0 Å². The van der Waals surface area contributed by atoms with Gasteiger partial charge in [-0.3, -0.25) is 0 Å². The summed E-state index contributed by atoms with van der Waals surface area (Å²) in [6.45, 7) is 4.68. The summed E-state index contributed by atoms with van der Waals surface area (Å²) in [5.41, 5.74) is 1.23. The van der Waals surface area contributed by atoms with E-state index in [1.807, 2.05) is 4.68 Å². The highest BCUT2D eigenvalue weighted by Crippen LogP contribution is 2.37. The molecule has 0 radical (unpaired) electrons. The Hall–Kier alpha value is -0.960. The summed E-state index contributed by atoms with van der Waals surface area (Å²) in [7, 11) is 0. The predicted molar refractivity (Wildman–Crippen MR) is 93.4 cm³/mol. The molecule has 2 heterocycles. The molecule has 1 fully saturated rings. The molecule has 0 spiro atoms. The number of hydrogen-bond donors (Lipinski definition) is 1. The third-order valence-corrected chi connectivity index (χ3v) is 5.56. The Morgan fingerprint density at radius 1 is 1.38 bits per heavy atom. The second-order valence-electron chi connectivity index (χ2n) is 6.09. The number of aromatic nitrogens is 5. The number of ether oxygens (including phenoxy) is 1. The van der Waals surface area contributed by atoms with E-state index >= 15 is 0 Å². The van der Waals surface area contributed by atoms with Gasteiger partial charge in [-0.15, -0.1) is 5.10 Å². The third kappa shape index (κ3) is 3.66. The molecule has 2 aromatic heterocycles.